The Balaban J connectivity index is 1.57. The van der Waals surface area contributed by atoms with E-state index in [9.17, 15) is 9.59 Å². The van der Waals surface area contributed by atoms with E-state index in [-0.39, 0.29) is 12.0 Å². The van der Waals surface area contributed by atoms with Crippen molar-refractivity contribution in [3.8, 4) is 5.75 Å². The van der Waals surface area contributed by atoms with Gasteiger partial charge in [0, 0.05) is 24.1 Å². The van der Waals surface area contributed by atoms with E-state index in [0.717, 1.165) is 12.0 Å². The Morgan fingerprint density at radius 1 is 1.33 bits per heavy atom. The van der Waals surface area contributed by atoms with Crippen molar-refractivity contribution < 1.29 is 13.9 Å². The second-order valence-electron chi connectivity index (χ2n) is 5.89. The van der Waals surface area contributed by atoms with Crippen LogP contribution >= 0.6 is 11.6 Å². The summed E-state index contributed by atoms with van der Waals surface area (Å²) in [6, 6.07) is 10.3. The zero-order valence-electron chi connectivity index (χ0n) is 13.3. The Morgan fingerprint density at radius 3 is 2.79 bits per heavy atom. The quantitative estimate of drug-likeness (QED) is 0.853. The number of benzene rings is 1. The first-order valence-electron chi connectivity index (χ1n) is 7.80. The lowest BCUT2D eigenvalue weighted by Crippen LogP contribution is -2.32. The van der Waals surface area contributed by atoms with Gasteiger partial charge in [-0.2, -0.15) is 0 Å². The smallest absolute Gasteiger partial charge is 0.339 e. The van der Waals surface area contributed by atoms with Crippen LogP contribution in [0.1, 0.15) is 17.7 Å². The monoisotopic (exact) mass is 347 g/mol. The molecule has 0 aliphatic carbocycles. The summed E-state index contributed by atoms with van der Waals surface area (Å²) in [7, 11) is 0. The lowest BCUT2D eigenvalue weighted by atomic mass is 10.1. The van der Waals surface area contributed by atoms with Gasteiger partial charge in [0.25, 0.3) is 0 Å². The van der Waals surface area contributed by atoms with E-state index < -0.39 is 5.63 Å². The fourth-order valence-electron chi connectivity index (χ4n) is 2.78. The summed E-state index contributed by atoms with van der Waals surface area (Å²) in [6.07, 6.45) is 0.976. The number of ether oxygens (including phenoxy) is 1. The van der Waals surface area contributed by atoms with E-state index in [2.05, 4.69) is 0 Å². The van der Waals surface area contributed by atoms with Crippen LogP contribution < -0.4 is 10.4 Å². The number of aryl methyl sites for hydroxylation is 1. The molecule has 1 fully saturated rings. The highest BCUT2D eigenvalue weighted by Gasteiger charge is 2.27. The lowest BCUT2D eigenvalue weighted by molar-refractivity contribution is -0.129. The van der Waals surface area contributed by atoms with Gasteiger partial charge in [-0.3, -0.25) is 4.79 Å². The number of carbonyl (C=O) groups excluding carboxylic acids is 1. The predicted molar refractivity (Wildman–Crippen MR) is 90.5 cm³/mol. The molecule has 0 spiro atoms. The Bertz CT molecular complexity index is 784. The molecule has 0 N–H and O–H groups in total. The molecule has 3 rings (SSSR count). The molecule has 0 radical (unpaired) electrons. The maximum Gasteiger partial charge on any atom is 0.339 e. The molecular formula is C18H18ClNO4. The molecule has 0 saturated carbocycles. The van der Waals surface area contributed by atoms with Gasteiger partial charge in [-0.05, 0) is 24.6 Å². The van der Waals surface area contributed by atoms with Crippen molar-refractivity contribution in [3.05, 3.63) is 63.2 Å². The van der Waals surface area contributed by atoms with Crippen molar-refractivity contribution in [2.45, 2.75) is 25.9 Å². The molecule has 6 heteroatoms. The number of carbonyl (C=O) groups is 1. The van der Waals surface area contributed by atoms with Gasteiger partial charge in [-0.25, -0.2) is 4.79 Å². The molecule has 1 atom stereocenters. The summed E-state index contributed by atoms with van der Waals surface area (Å²) >= 11 is 5.85. The third-order valence-corrected chi connectivity index (χ3v) is 4.19. The molecule has 126 valence electrons. The first-order chi connectivity index (χ1) is 11.5. The van der Waals surface area contributed by atoms with Crippen LogP contribution in [0.4, 0.5) is 0 Å². The highest BCUT2D eigenvalue weighted by molar-refractivity contribution is 6.30. The molecule has 1 aromatic carbocycles. The van der Waals surface area contributed by atoms with Crippen LogP contribution in [0.15, 0.2) is 45.6 Å². The summed E-state index contributed by atoms with van der Waals surface area (Å²) < 4.78 is 10.7. The Hall–Kier alpha value is -2.27. The summed E-state index contributed by atoms with van der Waals surface area (Å²) in [5.41, 5.74) is 0.503. The summed E-state index contributed by atoms with van der Waals surface area (Å²) in [6.45, 7) is 2.87. The molecule has 2 aromatic rings. The topological polar surface area (TPSA) is 59.8 Å². The van der Waals surface area contributed by atoms with Crippen molar-refractivity contribution in [1.29, 1.82) is 0 Å². The first-order valence-corrected chi connectivity index (χ1v) is 8.18. The number of hydrogen-bond donors (Lipinski definition) is 0. The minimum atomic E-state index is -0.432. The van der Waals surface area contributed by atoms with Gasteiger partial charge in [0.2, 0.25) is 5.91 Å². The van der Waals surface area contributed by atoms with Gasteiger partial charge < -0.3 is 14.1 Å². The second kappa shape index (κ2) is 7.09. The summed E-state index contributed by atoms with van der Waals surface area (Å²) in [5.74, 6) is 1.05. The minimum Gasteiger partial charge on any atom is -0.488 e. The molecular weight excluding hydrogens is 330 g/mol. The highest BCUT2D eigenvalue weighted by atomic mass is 35.5. The van der Waals surface area contributed by atoms with Crippen molar-refractivity contribution in [3.63, 3.8) is 0 Å². The minimum absolute atomic E-state index is 0.0622. The maximum atomic E-state index is 12.4. The number of rotatable bonds is 4. The molecule has 2 heterocycles. The Kier molecular flexibility index (Phi) is 4.90. The molecule has 1 aromatic heterocycles. The van der Waals surface area contributed by atoms with Crippen molar-refractivity contribution >= 4 is 17.5 Å². The van der Waals surface area contributed by atoms with Gasteiger partial charge in [0.1, 0.15) is 17.6 Å². The van der Waals surface area contributed by atoms with Crippen molar-refractivity contribution in [1.82, 2.24) is 4.90 Å². The van der Waals surface area contributed by atoms with E-state index >= 15 is 0 Å². The van der Waals surface area contributed by atoms with Crippen LogP contribution in [0.3, 0.4) is 0 Å². The fourth-order valence-corrected chi connectivity index (χ4v) is 2.90. The normalized spacial score (nSPS) is 17.1. The average molecular weight is 348 g/mol. The molecule has 1 aliphatic rings. The third kappa shape index (κ3) is 4.17. The standard InChI is InChI=1S/C18H18ClNO4/c1-12-8-16(10-18(22)23-12)24-15-6-7-20(11-15)17(21)9-13-2-4-14(19)5-3-13/h2-5,8,10,15H,6-7,9,11H2,1H3. The van der Waals surface area contributed by atoms with Crippen LogP contribution in [-0.2, 0) is 11.2 Å². The Morgan fingerprint density at radius 2 is 2.08 bits per heavy atom. The maximum absolute atomic E-state index is 12.4. The van der Waals surface area contributed by atoms with Crippen LogP contribution in [0.2, 0.25) is 5.02 Å². The highest BCUT2D eigenvalue weighted by Crippen LogP contribution is 2.19. The Labute approximate surface area is 144 Å². The molecule has 1 unspecified atom stereocenters. The van der Waals surface area contributed by atoms with Crippen LogP contribution in [-0.4, -0.2) is 30.0 Å². The SMILES string of the molecule is Cc1cc(OC2CCN(C(=O)Cc3ccc(Cl)cc3)C2)cc(=O)o1. The zero-order chi connectivity index (χ0) is 17.1. The average Bonchev–Trinajstić information content (AvgIpc) is 2.97. The third-order valence-electron chi connectivity index (χ3n) is 3.94. The summed E-state index contributed by atoms with van der Waals surface area (Å²) in [4.78, 5) is 25.5. The fraction of sp³-hybridized carbons (Fsp3) is 0.333. The van der Waals surface area contributed by atoms with Crippen molar-refractivity contribution in [2.24, 2.45) is 0 Å². The number of halogens is 1. The zero-order valence-corrected chi connectivity index (χ0v) is 14.1. The number of amides is 1. The van der Waals surface area contributed by atoms with Crippen LogP contribution in [0, 0.1) is 6.92 Å². The number of hydrogen-bond acceptors (Lipinski definition) is 4. The van der Waals surface area contributed by atoms with E-state index in [1.165, 1.54) is 6.07 Å². The molecule has 1 saturated heterocycles. The van der Waals surface area contributed by atoms with Gasteiger partial charge in [-0.1, -0.05) is 23.7 Å². The van der Waals surface area contributed by atoms with E-state index in [0.29, 0.717) is 36.0 Å². The number of likely N-dealkylation sites (tertiary alicyclic amines) is 1. The second-order valence-corrected chi connectivity index (χ2v) is 6.33. The predicted octanol–water partition coefficient (Wildman–Crippen LogP) is 2.82. The van der Waals surface area contributed by atoms with Crippen molar-refractivity contribution in [2.75, 3.05) is 13.1 Å². The van der Waals surface area contributed by atoms with Gasteiger partial charge >= 0.3 is 5.63 Å². The molecule has 24 heavy (non-hydrogen) atoms. The van der Waals surface area contributed by atoms with Crippen LogP contribution in [0.25, 0.3) is 0 Å². The molecule has 5 nitrogen and oxygen atoms in total. The van der Waals surface area contributed by atoms with E-state index in [4.69, 9.17) is 20.8 Å². The van der Waals surface area contributed by atoms with Gasteiger partial charge in [0.05, 0.1) is 19.0 Å². The van der Waals surface area contributed by atoms with E-state index in [1.54, 1.807) is 30.0 Å². The first kappa shape index (κ1) is 16.6. The lowest BCUT2D eigenvalue weighted by Gasteiger charge is -2.17. The van der Waals surface area contributed by atoms with Gasteiger partial charge in [0.15, 0.2) is 0 Å². The summed E-state index contributed by atoms with van der Waals surface area (Å²) in [5, 5.41) is 0.656. The van der Waals surface area contributed by atoms with Gasteiger partial charge in [-0.15, -0.1) is 0 Å². The molecule has 1 amide bonds. The van der Waals surface area contributed by atoms with Crippen LogP contribution in [0.5, 0.6) is 5.75 Å². The largest absolute Gasteiger partial charge is 0.488 e. The number of nitrogens with zero attached hydrogens (tertiary/aromatic N) is 1. The molecule has 0 bridgehead atoms. The molecule has 1 aliphatic heterocycles. The van der Waals surface area contributed by atoms with E-state index in [1.807, 2.05) is 12.1 Å².